The van der Waals surface area contributed by atoms with Crippen LogP contribution in [-0.2, 0) is 11.3 Å². The van der Waals surface area contributed by atoms with Gasteiger partial charge in [0.2, 0.25) is 11.8 Å². The highest BCUT2D eigenvalue weighted by Gasteiger charge is 2.23. The minimum Gasteiger partial charge on any atom is -0.437 e. The van der Waals surface area contributed by atoms with Crippen molar-refractivity contribution in [2.24, 2.45) is 0 Å². The molecule has 1 saturated heterocycles. The Bertz CT molecular complexity index is 884. The molecule has 1 fully saturated rings. The largest absolute Gasteiger partial charge is 0.437 e. The third-order valence-electron chi connectivity index (χ3n) is 4.56. The zero-order valence-corrected chi connectivity index (χ0v) is 14.5. The lowest BCUT2D eigenvalue weighted by molar-refractivity contribution is -0.117. The van der Waals surface area contributed by atoms with Crippen molar-refractivity contribution >= 4 is 23.1 Å². The van der Waals surface area contributed by atoms with Crippen LogP contribution in [0.15, 0.2) is 65.1 Å². The van der Waals surface area contributed by atoms with Crippen LogP contribution < -0.4 is 5.32 Å². The second-order valence-electron chi connectivity index (χ2n) is 6.57. The number of carbonyl (C=O) groups is 1. The first kappa shape index (κ1) is 16.5. The van der Waals surface area contributed by atoms with Gasteiger partial charge in [-0.1, -0.05) is 42.5 Å². The molecule has 0 unspecified atom stereocenters. The van der Waals surface area contributed by atoms with Crippen molar-refractivity contribution in [2.45, 2.75) is 19.0 Å². The molecule has 0 radical (unpaired) electrons. The molecule has 0 spiro atoms. The summed E-state index contributed by atoms with van der Waals surface area (Å²) in [5.74, 6) is 0.331. The van der Waals surface area contributed by atoms with Gasteiger partial charge in [0.25, 0.3) is 0 Å². The van der Waals surface area contributed by atoms with Crippen molar-refractivity contribution in [1.29, 1.82) is 0 Å². The molecule has 1 aromatic heterocycles. The van der Waals surface area contributed by atoms with Crippen molar-refractivity contribution in [3.05, 3.63) is 72.1 Å². The van der Waals surface area contributed by atoms with E-state index in [9.17, 15) is 4.79 Å². The monoisotopic (exact) mass is 347 g/mol. The third kappa shape index (κ3) is 4.00. The quantitative estimate of drug-likeness (QED) is 0.720. The van der Waals surface area contributed by atoms with Crippen molar-refractivity contribution in [3.8, 4) is 0 Å². The van der Waals surface area contributed by atoms with Crippen molar-refractivity contribution in [2.75, 3.05) is 13.1 Å². The molecule has 4 rings (SSSR count). The molecule has 1 N–H and O–H groups in total. The van der Waals surface area contributed by atoms with Gasteiger partial charge >= 0.3 is 0 Å². The molecule has 0 aliphatic carbocycles. The molecule has 3 aromatic rings. The number of fused-ring (bicyclic) bond motifs is 1. The van der Waals surface area contributed by atoms with Gasteiger partial charge in [0, 0.05) is 37.8 Å². The van der Waals surface area contributed by atoms with Gasteiger partial charge in [0.05, 0.1) is 0 Å². The Morgan fingerprint density at radius 1 is 1.19 bits per heavy atom. The van der Waals surface area contributed by atoms with Crippen LogP contribution in [0.5, 0.6) is 0 Å². The van der Waals surface area contributed by atoms with Crippen LogP contribution in [0, 0.1) is 0 Å². The molecule has 0 bridgehead atoms. The molecular formula is C21H21N3O2. The van der Waals surface area contributed by atoms with E-state index in [-0.39, 0.29) is 11.9 Å². The van der Waals surface area contributed by atoms with E-state index in [4.69, 9.17) is 4.42 Å². The van der Waals surface area contributed by atoms with E-state index in [1.165, 1.54) is 11.6 Å². The minimum atomic E-state index is -0.112. The van der Waals surface area contributed by atoms with E-state index in [1.54, 1.807) is 6.08 Å². The number of para-hydroxylation sites is 2. The highest BCUT2D eigenvalue weighted by molar-refractivity contribution is 5.91. The number of amides is 1. The number of hydrogen-bond acceptors (Lipinski definition) is 4. The number of oxazole rings is 1. The van der Waals surface area contributed by atoms with E-state index in [1.807, 2.05) is 30.3 Å². The summed E-state index contributed by atoms with van der Waals surface area (Å²) in [6, 6.07) is 18.1. The Morgan fingerprint density at radius 2 is 2.00 bits per heavy atom. The van der Waals surface area contributed by atoms with Crippen molar-refractivity contribution in [1.82, 2.24) is 15.2 Å². The lowest BCUT2D eigenvalue weighted by atomic mass is 10.2. The fourth-order valence-electron chi connectivity index (χ4n) is 3.29. The minimum absolute atomic E-state index is 0.112. The molecule has 2 aromatic carbocycles. The smallest absolute Gasteiger partial charge is 0.244 e. The third-order valence-corrected chi connectivity index (χ3v) is 4.56. The summed E-state index contributed by atoms with van der Waals surface area (Å²) in [4.78, 5) is 18.9. The van der Waals surface area contributed by atoms with Gasteiger partial charge in [0.1, 0.15) is 5.52 Å². The molecule has 26 heavy (non-hydrogen) atoms. The van der Waals surface area contributed by atoms with Crippen molar-refractivity contribution < 1.29 is 9.21 Å². The highest BCUT2D eigenvalue weighted by Crippen LogP contribution is 2.16. The van der Waals surface area contributed by atoms with Crippen LogP contribution >= 0.6 is 0 Å². The first-order chi connectivity index (χ1) is 12.8. The lowest BCUT2D eigenvalue weighted by Crippen LogP contribution is -2.35. The topological polar surface area (TPSA) is 58.4 Å². The van der Waals surface area contributed by atoms with Gasteiger partial charge in [-0.25, -0.2) is 4.98 Å². The Hall–Kier alpha value is -2.92. The maximum Gasteiger partial charge on any atom is 0.244 e. The average molecular weight is 347 g/mol. The molecule has 5 heteroatoms. The molecule has 2 heterocycles. The normalized spacial score (nSPS) is 17.9. The molecule has 1 aliphatic rings. The number of carbonyl (C=O) groups excluding carboxylic acids is 1. The summed E-state index contributed by atoms with van der Waals surface area (Å²) in [5.41, 5.74) is 2.81. The molecule has 132 valence electrons. The molecule has 1 atom stereocenters. The number of aromatic nitrogens is 1. The van der Waals surface area contributed by atoms with E-state index in [0.717, 1.165) is 37.2 Å². The SMILES string of the molecule is O=C(/C=C/c1nc2ccccc2o1)N[C@@H]1CCN(Cc2ccccc2)C1. The molecule has 0 saturated carbocycles. The second-order valence-corrected chi connectivity index (χ2v) is 6.57. The van der Waals surface area contributed by atoms with Crippen LogP contribution in [0.25, 0.3) is 17.2 Å². The van der Waals surface area contributed by atoms with E-state index >= 15 is 0 Å². The Labute approximate surface area is 152 Å². The van der Waals surface area contributed by atoms with Crippen LogP contribution in [0.2, 0.25) is 0 Å². The summed E-state index contributed by atoms with van der Waals surface area (Å²) in [7, 11) is 0. The number of rotatable bonds is 5. The fraction of sp³-hybridized carbons (Fsp3) is 0.238. The Morgan fingerprint density at radius 3 is 2.85 bits per heavy atom. The molecule has 1 aliphatic heterocycles. The van der Waals surface area contributed by atoms with Gasteiger partial charge in [-0.2, -0.15) is 0 Å². The Kier molecular flexibility index (Phi) is 4.80. The van der Waals surface area contributed by atoms with Crippen LogP contribution in [0.3, 0.4) is 0 Å². The zero-order valence-electron chi connectivity index (χ0n) is 14.5. The summed E-state index contributed by atoms with van der Waals surface area (Å²) < 4.78 is 5.59. The Balaban J connectivity index is 1.29. The van der Waals surface area contributed by atoms with Gasteiger partial charge in [-0.3, -0.25) is 9.69 Å². The predicted molar refractivity (Wildman–Crippen MR) is 101 cm³/mol. The summed E-state index contributed by atoms with van der Waals surface area (Å²) in [6.45, 7) is 2.79. The zero-order chi connectivity index (χ0) is 17.8. The lowest BCUT2D eigenvalue weighted by Gasteiger charge is -2.16. The summed E-state index contributed by atoms with van der Waals surface area (Å²) in [5, 5.41) is 3.06. The van der Waals surface area contributed by atoms with Crippen LogP contribution in [0.4, 0.5) is 0 Å². The second kappa shape index (κ2) is 7.54. The number of nitrogens with one attached hydrogen (secondary N) is 1. The average Bonchev–Trinajstić information content (AvgIpc) is 3.27. The number of benzene rings is 2. The van der Waals surface area contributed by atoms with Gasteiger partial charge < -0.3 is 9.73 Å². The molecule has 5 nitrogen and oxygen atoms in total. The summed E-state index contributed by atoms with van der Waals surface area (Å²) in [6.07, 6.45) is 4.08. The predicted octanol–water partition coefficient (Wildman–Crippen LogP) is 3.23. The van der Waals surface area contributed by atoms with E-state index < -0.39 is 0 Å². The van der Waals surface area contributed by atoms with E-state index in [0.29, 0.717) is 5.89 Å². The van der Waals surface area contributed by atoms with Crippen LogP contribution in [0.1, 0.15) is 17.9 Å². The molecular weight excluding hydrogens is 326 g/mol. The van der Waals surface area contributed by atoms with Gasteiger partial charge in [-0.15, -0.1) is 0 Å². The first-order valence-corrected chi connectivity index (χ1v) is 8.87. The number of likely N-dealkylation sites (tertiary alicyclic amines) is 1. The van der Waals surface area contributed by atoms with Crippen LogP contribution in [-0.4, -0.2) is 34.9 Å². The van der Waals surface area contributed by atoms with E-state index in [2.05, 4.69) is 39.5 Å². The number of hydrogen-bond donors (Lipinski definition) is 1. The maximum absolute atomic E-state index is 12.2. The van der Waals surface area contributed by atoms with Crippen molar-refractivity contribution in [3.63, 3.8) is 0 Å². The first-order valence-electron chi connectivity index (χ1n) is 8.87. The maximum atomic E-state index is 12.2. The molecule has 1 amide bonds. The van der Waals surface area contributed by atoms with Gasteiger partial charge in [-0.05, 0) is 24.1 Å². The number of nitrogens with zero attached hydrogens (tertiary/aromatic N) is 2. The highest BCUT2D eigenvalue weighted by atomic mass is 16.3. The standard InChI is InChI=1S/C21H21N3O2/c25-20(10-11-21-23-18-8-4-5-9-19(18)26-21)22-17-12-13-24(15-17)14-16-6-2-1-3-7-16/h1-11,17H,12-15H2,(H,22,25)/b11-10+/t17-/m1/s1. The fourth-order valence-corrected chi connectivity index (χ4v) is 3.29. The summed E-state index contributed by atoms with van der Waals surface area (Å²) >= 11 is 0. The van der Waals surface area contributed by atoms with Gasteiger partial charge in [0.15, 0.2) is 5.58 Å².